The molecule has 48 heavy (non-hydrogen) atoms. The first-order valence-corrected chi connectivity index (χ1v) is 18.2. The topological polar surface area (TPSA) is 139 Å². The van der Waals surface area contributed by atoms with Crippen LogP contribution in [-0.2, 0) is 34.6 Å². The maximum atomic E-state index is 15.1. The number of amides is 4. The van der Waals surface area contributed by atoms with Gasteiger partial charge in [0.25, 0.3) is 5.91 Å². The van der Waals surface area contributed by atoms with E-state index in [1.807, 2.05) is 11.6 Å². The number of carbonyl (C=O) groups excluding carboxylic acids is 4. The van der Waals surface area contributed by atoms with Crippen molar-refractivity contribution in [2.75, 3.05) is 11.2 Å². The molecule has 0 radical (unpaired) electrons. The highest BCUT2D eigenvalue weighted by Gasteiger charge is 2.64. The molecule has 3 aromatic carbocycles. The molecule has 0 saturated carbocycles. The van der Waals surface area contributed by atoms with Crippen LogP contribution in [0.15, 0.2) is 54.6 Å². The monoisotopic (exact) mass is 733 g/mol. The Morgan fingerprint density at radius 2 is 1.56 bits per heavy atom. The van der Waals surface area contributed by atoms with Crippen molar-refractivity contribution in [1.29, 1.82) is 0 Å². The van der Waals surface area contributed by atoms with E-state index in [9.17, 15) is 22.8 Å². The molecule has 2 N–H and O–H groups in total. The Balaban J connectivity index is 1.84. The van der Waals surface area contributed by atoms with Crippen LogP contribution in [0.1, 0.15) is 74.2 Å². The molecule has 2 aliphatic rings. The number of aryl methyl sites for hydroxylation is 1. The summed E-state index contributed by atoms with van der Waals surface area (Å²) >= 11 is 19.5. The Hall–Kier alpha value is -3.64. The lowest BCUT2D eigenvalue weighted by Crippen LogP contribution is -2.59. The zero-order chi connectivity index (χ0) is 35.3. The fourth-order valence-electron chi connectivity index (χ4n) is 6.98. The Kier molecular flexibility index (Phi) is 9.66. The smallest absolute Gasteiger partial charge is 0.277 e. The van der Waals surface area contributed by atoms with E-state index in [1.165, 1.54) is 25.1 Å². The van der Waals surface area contributed by atoms with E-state index in [2.05, 4.69) is 5.32 Å². The third-order valence-corrected chi connectivity index (χ3v) is 10.5. The largest absolute Gasteiger partial charge is 0.477 e. The van der Waals surface area contributed by atoms with Crippen molar-refractivity contribution in [3.63, 3.8) is 0 Å². The highest BCUT2D eigenvalue weighted by Crippen LogP contribution is 2.61. The van der Waals surface area contributed by atoms with E-state index in [4.69, 9.17) is 39.5 Å². The number of hydrogen-bond acceptors (Lipinski definition) is 7. The zero-order valence-electron chi connectivity index (χ0n) is 26.8. The molecule has 2 heterocycles. The summed E-state index contributed by atoms with van der Waals surface area (Å²) in [6, 6.07) is 13.5. The number of rotatable bonds is 8. The molecule has 1 spiro atoms. The number of nitrogens with zero attached hydrogens (tertiary/aromatic N) is 1. The standard InChI is InChI=1S/C34H34Cl3N3O7S/c1-6-33(7-2,31(43)39-48(5,45)46)47-28-13-11-21(36)15-24(28)26-17-29(42)38-30(23-14-20(35)9-8-18(23)3)34(26)25-12-10-22(37)16-27(25)40(19(4)41)32(34)44/h8-16,26,30H,6-7,17H2,1-5H3,(H,38,42)(H,39,43)/t26-,30+,34-/m1/s1. The molecule has 1 saturated heterocycles. The number of piperidine rings is 1. The van der Waals surface area contributed by atoms with E-state index in [0.717, 1.165) is 16.7 Å². The molecule has 2 aliphatic heterocycles. The number of fused-ring (bicyclic) bond motifs is 2. The van der Waals surface area contributed by atoms with Crippen molar-refractivity contribution in [3.05, 3.63) is 91.9 Å². The summed E-state index contributed by atoms with van der Waals surface area (Å²) in [5, 5.41) is 3.94. The van der Waals surface area contributed by atoms with Gasteiger partial charge in [-0.25, -0.2) is 18.0 Å². The van der Waals surface area contributed by atoms with E-state index in [1.54, 1.807) is 50.2 Å². The van der Waals surface area contributed by atoms with Gasteiger partial charge in [0, 0.05) is 39.9 Å². The van der Waals surface area contributed by atoms with Gasteiger partial charge in [-0.3, -0.25) is 19.2 Å². The predicted octanol–water partition coefficient (Wildman–Crippen LogP) is 6.14. The van der Waals surface area contributed by atoms with Crippen LogP contribution in [0.5, 0.6) is 5.75 Å². The molecule has 254 valence electrons. The number of carbonyl (C=O) groups is 4. The van der Waals surface area contributed by atoms with E-state index in [-0.39, 0.29) is 40.7 Å². The van der Waals surface area contributed by atoms with Crippen LogP contribution in [0.25, 0.3) is 0 Å². The number of imide groups is 1. The number of sulfonamides is 1. The summed E-state index contributed by atoms with van der Waals surface area (Å²) < 4.78 is 32.7. The van der Waals surface area contributed by atoms with Gasteiger partial charge in [0.1, 0.15) is 11.2 Å². The van der Waals surface area contributed by atoms with Gasteiger partial charge in [-0.15, -0.1) is 0 Å². The summed E-state index contributed by atoms with van der Waals surface area (Å²) in [7, 11) is -3.94. The first-order chi connectivity index (χ1) is 22.5. The second kappa shape index (κ2) is 13.0. The highest BCUT2D eigenvalue weighted by atomic mass is 35.5. The average molecular weight is 735 g/mol. The molecule has 0 bridgehead atoms. The fraction of sp³-hybridized carbons (Fsp3) is 0.353. The fourth-order valence-corrected chi connectivity index (χ4v) is 8.03. The molecular formula is C34H34Cl3N3O7S. The van der Waals surface area contributed by atoms with Crippen LogP contribution in [0.2, 0.25) is 15.1 Å². The molecule has 0 unspecified atom stereocenters. The first-order valence-electron chi connectivity index (χ1n) is 15.2. The van der Waals surface area contributed by atoms with Gasteiger partial charge in [0.15, 0.2) is 5.60 Å². The van der Waals surface area contributed by atoms with E-state index >= 15 is 4.79 Å². The SMILES string of the molecule is CCC(CC)(Oc1ccc(Cl)cc1[C@H]1CC(=O)N[C@@H](c2cc(Cl)ccc2C)[C@]12C(=O)N(C(C)=O)c1cc(Cl)ccc12)C(=O)NS(C)(=O)=O. The lowest BCUT2D eigenvalue weighted by molar-refractivity contribution is -0.137. The van der Waals surface area contributed by atoms with E-state index < -0.39 is 56.6 Å². The Morgan fingerprint density at radius 1 is 0.979 bits per heavy atom. The van der Waals surface area contributed by atoms with Gasteiger partial charge < -0.3 is 10.1 Å². The lowest BCUT2D eigenvalue weighted by Gasteiger charge is -2.47. The molecule has 0 aromatic heterocycles. The van der Waals surface area contributed by atoms with Gasteiger partial charge in [-0.2, -0.15) is 0 Å². The van der Waals surface area contributed by atoms with Crippen molar-refractivity contribution in [2.24, 2.45) is 0 Å². The van der Waals surface area contributed by atoms with Gasteiger partial charge in [-0.05, 0) is 78.9 Å². The van der Waals surface area contributed by atoms with Crippen LogP contribution in [0.4, 0.5) is 5.69 Å². The summed E-state index contributed by atoms with van der Waals surface area (Å²) in [5.74, 6) is -3.37. The predicted molar refractivity (Wildman–Crippen MR) is 184 cm³/mol. The number of nitrogens with one attached hydrogen (secondary N) is 2. The normalized spacial score (nSPS) is 20.8. The van der Waals surface area contributed by atoms with Crippen LogP contribution in [0.3, 0.4) is 0 Å². The second-order valence-corrected chi connectivity index (χ2v) is 15.2. The van der Waals surface area contributed by atoms with Crippen molar-refractivity contribution in [1.82, 2.24) is 10.0 Å². The summed E-state index contributed by atoms with van der Waals surface area (Å²) in [5.41, 5.74) is -1.05. The third-order valence-electron chi connectivity index (χ3n) is 9.26. The van der Waals surface area contributed by atoms with Crippen LogP contribution in [-0.4, -0.2) is 43.9 Å². The number of halogens is 3. The summed E-state index contributed by atoms with van der Waals surface area (Å²) in [6.07, 6.45) is 0.776. The van der Waals surface area contributed by atoms with Gasteiger partial charge >= 0.3 is 0 Å². The van der Waals surface area contributed by atoms with Gasteiger partial charge in [0.05, 0.1) is 18.0 Å². The first kappa shape index (κ1) is 35.7. The van der Waals surface area contributed by atoms with Crippen LogP contribution >= 0.6 is 34.8 Å². The second-order valence-electron chi connectivity index (χ2n) is 12.1. The maximum Gasteiger partial charge on any atom is 0.277 e. The Labute approximate surface area is 294 Å². The molecule has 3 atom stereocenters. The minimum atomic E-state index is -3.94. The minimum absolute atomic E-state index is 0.0753. The number of anilines is 1. The summed E-state index contributed by atoms with van der Waals surface area (Å²) in [6.45, 7) is 6.45. The van der Waals surface area contributed by atoms with Crippen molar-refractivity contribution < 1.29 is 32.3 Å². The zero-order valence-corrected chi connectivity index (χ0v) is 29.9. The molecule has 4 amide bonds. The van der Waals surface area contributed by atoms with Crippen molar-refractivity contribution >= 4 is 74.1 Å². The van der Waals surface area contributed by atoms with Crippen molar-refractivity contribution in [3.8, 4) is 5.75 Å². The molecule has 14 heteroatoms. The Bertz CT molecular complexity index is 1960. The molecule has 1 fully saturated rings. The van der Waals surface area contributed by atoms with Crippen molar-refractivity contribution in [2.45, 2.75) is 69.9 Å². The van der Waals surface area contributed by atoms with Crippen LogP contribution < -0.4 is 19.7 Å². The highest BCUT2D eigenvalue weighted by molar-refractivity contribution is 7.89. The number of ether oxygens (including phenoxy) is 1. The third kappa shape index (κ3) is 6.06. The minimum Gasteiger partial charge on any atom is -0.477 e. The summed E-state index contributed by atoms with van der Waals surface area (Å²) in [4.78, 5) is 56.6. The number of hydrogen-bond donors (Lipinski definition) is 2. The maximum absolute atomic E-state index is 15.1. The molecule has 5 rings (SSSR count). The quantitative estimate of drug-likeness (QED) is 0.283. The van der Waals surface area contributed by atoms with Gasteiger partial charge in [0.2, 0.25) is 27.7 Å². The molecule has 10 nitrogen and oxygen atoms in total. The molecular weight excluding hydrogens is 701 g/mol. The average Bonchev–Trinajstić information content (AvgIpc) is 3.25. The van der Waals surface area contributed by atoms with Crippen LogP contribution in [0, 0.1) is 6.92 Å². The molecule has 0 aliphatic carbocycles. The lowest BCUT2D eigenvalue weighted by atomic mass is 9.58. The van der Waals surface area contributed by atoms with Gasteiger partial charge in [-0.1, -0.05) is 60.8 Å². The van der Waals surface area contributed by atoms with E-state index in [0.29, 0.717) is 21.7 Å². The number of benzene rings is 3. The molecule has 3 aromatic rings. The Morgan fingerprint density at radius 3 is 2.17 bits per heavy atom.